The van der Waals surface area contributed by atoms with Crippen LogP contribution in [0.5, 0.6) is 0 Å². The quantitative estimate of drug-likeness (QED) is 0.804. The van der Waals surface area contributed by atoms with Crippen molar-refractivity contribution in [3.8, 4) is 0 Å². The average Bonchev–Trinajstić information content (AvgIpc) is 3.01. The fourth-order valence-corrected chi connectivity index (χ4v) is 2.73. The summed E-state index contributed by atoms with van der Waals surface area (Å²) in [6.07, 6.45) is 0. The van der Waals surface area contributed by atoms with Crippen molar-refractivity contribution in [2.75, 3.05) is 0 Å². The molecule has 2 heterocycles. The summed E-state index contributed by atoms with van der Waals surface area (Å²) in [5, 5.41) is 3.80. The van der Waals surface area contributed by atoms with Crippen LogP contribution in [-0.2, 0) is 6.54 Å². The molecule has 4 nitrogen and oxygen atoms in total. The number of rotatable bonds is 3. The van der Waals surface area contributed by atoms with Crippen LogP contribution in [0.2, 0.25) is 5.22 Å². The van der Waals surface area contributed by atoms with Crippen molar-refractivity contribution >= 4 is 39.1 Å². The maximum atomic E-state index is 11.8. The predicted molar refractivity (Wildman–Crippen MR) is 74.5 cm³/mol. The zero-order valence-electron chi connectivity index (χ0n) is 9.72. The number of furan rings is 1. The van der Waals surface area contributed by atoms with Crippen LogP contribution in [0.3, 0.4) is 0 Å². The molecular weight excluding hydrogens is 284 g/mol. The van der Waals surface area contributed by atoms with Crippen LogP contribution in [0.15, 0.2) is 40.8 Å². The molecular formula is C13H9ClN2O2S. The lowest BCUT2D eigenvalue weighted by Crippen LogP contribution is -2.22. The summed E-state index contributed by atoms with van der Waals surface area (Å²) in [5.41, 5.74) is 0.942. The van der Waals surface area contributed by atoms with Crippen molar-refractivity contribution in [2.24, 2.45) is 0 Å². The Morgan fingerprint density at radius 3 is 2.89 bits per heavy atom. The van der Waals surface area contributed by atoms with Gasteiger partial charge in [0.05, 0.1) is 16.8 Å². The zero-order chi connectivity index (χ0) is 13.2. The highest BCUT2D eigenvalue weighted by Gasteiger charge is 2.11. The topological polar surface area (TPSA) is 55.1 Å². The molecule has 1 N–H and O–H groups in total. The van der Waals surface area contributed by atoms with Gasteiger partial charge in [-0.15, -0.1) is 11.3 Å². The minimum atomic E-state index is -0.300. The molecule has 1 amide bonds. The molecule has 1 aromatic carbocycles. The molecule has 6 heteroatoms. The molecule has 0 aliphatic carbocycles. The molecule has 0 atom stereocenters. The molecule has 0 saturated heterocycles. The molecule has 0 saturated carbocycles. The van der Waals surface area contributed by atoms with Gasteiger partial charge in [-0.05, 0) is 35.9 Å². The van der Waals surface area contributed by atoms with E-state index in [9.17, 15) is 4.79 Å². The number of halogens is 1. The van der Waals surface area contributed by atoms with Crippen molar-refractivity contribution in [3.05, 3.63) is 52.4 Å². The maximum absolute atomic E-state index is 11.8. The number of amides is 1. The first-order valence-corrected chi connectivity index (χ1v) is 6.80. The standard InChI is InChI=1S/C13H9ClN2O2S/c14-11-6-5-9(18-11)13(17)15-7-12-16-8-3-1-2-4-10(8)19-12/h1-6H,7H2,(H,15,17). The van der Waals surface area contributed by atoms with Gasteiger partial charge in [0.15, 0.2) is 11.0 Å². The van der Waals surface area contributed by atoms with Gasteiger partial charge in [-0.25, -0.2) is 4.98 Å². The summed E-state index contributed by atoms with van der Waals surface area (Å²) < 4.78 is 6.13. The summed E-state index contributed by atoms with van der Waals surface area (Å²) >= 11 is 7.18. The molecule has 0 spiro atoms. The molecule has 0 bridgehead atoms. The Kier molecular flexibility index (Phi) is 3.23. The normalized spacial score (nSPS) is 10.8. The number of fused-ring (bicyclic) bond motifs is 1. The molecule has 0 unspecified atom stereocenters. The highest BCUT2D eigenvalue weighted by molar-refractivity contribution is 7.18. The van der Waals surface area contributed by atoms with Gasteiger partial charge in [0.25, 0.3) is 5.91 Å². The third kappa shape index (κ3) is 2.62. The number of thiazole rings is 1. The predicted octanol–water partition coefficient (Wildman–Crippen LogP) is 3.47. The van der Waals surface area contributed by atoms with Gasteiger partial charge >= 0.3 is 0 Å². The molecule has 96 valence electrons. The van der Waals surface area contributed by atoms with E-state index in [1.54, 1.807) is 11.3 Å². The van der Waals surface area contributed by atoms with Crippen LogP contribution in [0.1, 0.15) is 15.6 Å². The Labute approximate surface area is 118 Å². The summed E-state index contributed by atoms with van der Waals surface area (Å²) in [6.45, 7) is 0.372. The Bertz CT molecular complexity index is 702. The van der Waals surface area contributed by atoms with Gasteiger partial charge in [-0.2, -0.15) is 0 Å². The number of nitrogens with one attached hydrogen (secondary N) is 1. The van der Waals surface area contributed by atoms with Crippen molar-refractivity contribution < 1.29 is 9.21 Å². The number of carbonyl (C=O) groups excluding carboxylic acids is 1. The highest BCUT2D eigenvalue weighted by atomic mass is 35.5. The van der Waals surface area contributed by atoms with Crippen LogP contribution >= 0.6 is 22.9 Å². The van der Waals surface area contributed by atoms with E-state index in [4.69, 9.17) is 16.0 Å². The first kappa shape index (κ1) is 12.2. The average molecular weight is 293 g/mol. The van der Waals surface area contributed by atoms with Crippen LogP contribution in [0.4, 0.5) is 0 Å². The van der Waals surface area contributed by atoms with Gasteiger partial charge in [-0.1, -0.05) is 12.1 Å². The van der Waals surface area contributed by atoms with E-state index in [1.807, 2.05) is 24.3 Å². The lowest BCUT2D eigenvalue weighted by atomic mass is 10.3. The number of aromatic nitrogens is 1. The van der Waals surface area contributed by atoms with E-state index >= 15 is 0 Å². The van der Waals surface area contributed by atoms with Crippen LogP contribution in [0.25, 0.3) is 10.2 Å². The van der Waals surface area contributed by atoms with Crippen molar-refractivity contribution in [1.82, 2.24) is 10.3 Å². The van der Waals surface area contributed by atoms with Crippen molar-refractivity contribution in [3.63, 3.8) is 0 Å². The molecule has 3 rings (SSSR count). The third-order valence-electron chi connectivity index (χ3n) is 2.54. The second-order valence-corrected chi connectivity index (χ2v) is 5.35. The molecule has 3 aromatic rings. The minimum absolute atomic E-state index is 0.199. The molecule has 0 radical (unpaired) electrons. The van der Waals surface area contributed by atoms with E-state index < -0.39 is 0 Å². The summed E-state index contributed by atoms with van der Waals surface area (Å²) in [4.78, 5) is 16.2. The summed E-state index contributed by atoms with van der Waals surface area (Å²) in [6, 6.07) is 10.9. The second kappa shape index (κ2) is 5.03. The Morgan fingerprint density at radius 1 is 1.32 bits per heavy atom. The SMILES string of the molecule is O=C(NCc1nc2ccccc2s1)c1ccc(Cl)o1. The number of carbonyl (C=O) groups is 1. The van der Waals surface area contributed by atoms with E-state index in [0.29, 0.717) is 6.54 Å². The largest absolute Gasteiger partial charge is 0.440 e. The zero-order valence-corrected chi connectivity index (χ0v) is 11.3. The number of nitrogens with zero attached hydrogens (tertiary/aromatic N) is 1. The van der Waals surface area contributed by atoms with Gasteiger partial charge in [0, 0.05) is 0 Å². The van der Waals surface area contributed by atoms with Crippen molar-refractivity contribution in [1.29, 1.82) is 0 Å². The van der Waals surface area contributed by atoms with E-state index in [-0.39, 0.29) is 16.9 Å². The van der Waals surface area contributed by atoms with Gasteiger partial charge in [0.2, 0.25) is 0 Å². The maximum Gasteiger partial charge on any atom is 0.287 e. The number of hydrogen-bond donors (Lipinski definition) is 1. The second-order valence-electron chi connectivity index (χ2n) is 3.86. The Hall–Kier alpha value is -1.85. The number of benzene rings is 1. The molecule has 2 aromatic heterocycles. The van der Waals surface area contributed by atoms with Gasteiger partial charge < -0.3 is 9.73 Å². The van der Waals surface area contributed by atoms with Crippen LogP contribution in [-0.4, -0.2) is 10.9 Å². The highest BCUT2D eigenvalue weighted by Crippen LogP contribution is 2.21. The fourth-order valence-electron chi connectivity index (χ4n) is 1.67. The van der Waals surface area contributed by atoms with Crippen LogP contribution < -0.4 is 5.32 Å². The van der Waals surface area contributed by atoms with E-state index in [0.717, 1.165) is 15.2 Å². The smallest absolute Gasteiger partial charge is 0.287 e. The number of hydrogen-bond acceptors (Lipinski definition) is 4. The first-order valence-electron chi connectivity index (χ1n) is 5.60. The molecule has 0 aliphatic rings. The van der Waals surface area contributed by atoms with E-state index in [2.05, 4.69) is 10.3 Å². The van der Waals surface area contributed by atoms with Crippen LogP contribution in [0, 0.1) is 0 Å². The van der Waals surface area contributed by atoms with Gasteiger partial charge in [-0.3, -0.25) is 4.79 Å². The molecule has 19 heavy (non-hydrogen) atoms. The van der Waals surface area contributed by atoms with Crippen molar-refractivity contribution in [2.45, 2.75) is 6.54 Å². The lowest BCUT2D eigenvalue weighted by Gasteiger charge is -1.99. The fraction of sp³-hybridized carbons (Fsp3) is 0.0769. The van der Waals surface area contributed by atoms with E-state index in [1.165, 1.54) is 12.1 Å². The Morgan fingerprint density at radius 2 is 2.16 bits per heavy atom. The summed E-state index contributed by atoms with van der Waals surface area (Å²) in [5.74, 6) is -0.0998. The molecule has 0 aliphatic heterocycles. The first-order chi connectivity index (χ1) is 9.22. The van der Waals surface area contributed by atoms with Gasteiger partial charge in [0.1, 0.15) is 5.01 Å². The summed E-state index contributed by atoms with van der Waals surface area (Å²) in [7, 11) is 0. The third-order valence-corrected chi connectivity index (χ3v) is 3.77. The Balaban J connectivity index is 1.70. The monoisotopic (exact) mass is 292 g/mol. The lowest BCUT2D eigenvalue weighted by molar-refractivity contribution is 0.0923. The molecule has 0 fully saturated rings. The minimum Gasteiger partial charge on any atom is -0.440 e. The number of para-hydroxylation sites is 1.